The molecule has 1 aliphatic heterocycles. The molecule has 0 atom stereocenters. The van der Waals surface area contributed by atoms with Gasteiger partial charge in [0.2, 0.25) is 5.69 Å². The van der Waals surface area contributed by atoms with E-state index < -0.39 is 8.07 Å². The molecule has 0 bridgehead atoms. The topological polar surface area (TPSA) is 3.88 Å². The molecule has 0 fully saturated rings. The van der Waals surface area contributed by atoms with Crippen LogP contribution in [-0.4, -0.2) is 8.07 Å². The monoisotopic (exact) mass is 466 g/mol. The van der Waals surface area contributed by atoms with E-state index in [4.69, 9.17) is 0 Å². The minimum Gasteiger partial charge on any atom is -0.200 e. The Bertz CT molecular complexity index is 1460. The van der Waals surface area contributed by atoms with Crippen LogP contribution in [0.15, 0.2) is 42.6 Å². The number of pyridine rings is 1. The number of benzene rings is 3. The molecule has 0 saturated carbocycles. The van der Waals surface area contributed by atoms with Gasteiger partial charge in [-0.3, -0.25) is 0 Å². The molecule has 0 unspecified atom stereocenters. The predicted octanol–water partition coefficient (Wildman–Crippen LogP) is 6.63. The van der Waals surface area contributed by atoms with Gasteiger partial charge in [-0.15, -0.1) is 0 Å². The lowest BCUT2D eigenvalue weighted by atomic mass is 9.89. The van der Waals surface area contributed by atoms with Crippen LogP contribution >= 0.6 is 0 Å². The summed E-state index contributed by atoms with van der Waals surface area (Å²) >= 11 is 0. The summed E-state index contributed by atoms with van der Waals surface area (Å²) in [4.78, 5) is 0. The standard InChI is InChI=1S/C32H40NSi/c1-19(2)14-23-10-11-26-21(5)29-31-30-25(12-13-33(31)7)16-24(15-20(3)4)18-28(30)34(8,9)32(29)22(6)27(26)17-23/h10-13,16-20H,14-15H2,1-9H3/q+1. The van der Waals surface area contributed by atoms with Gasteiger partial charge >= 0.3 is 0 Å². The summed E-state index contributed by atoms with van der Waals surface area (Å²) in [5.41, 5.74) is 8.85. The maximum Gasteiger partial charge on any atom is 0.220 e. The fourth-order valence-electron chi connectivity index (χ4n) is 6.63. The van der Waals surface area contributed by atoms with Crippen LogP contribution in [0.5, 0.6) is 0 Å². The average molecular weight is 467 g/mol. The number of aromatic nitrogens is 1. The third kappa shape index (κ3) is 3.45. The molecule has 34 heavy (non-hydrogen) atoms. The number of rotatable bonds is 4. The molecule has 2 heteroatoms. The molecule has 0 radical (unpaired) electrons. The Morgan fingerprint density at radius 1 is 0.794 bits per heavy atom. The van der Waals surface area contributed by atoms with Gasteiger partial charge in [0.15, 0.2) is 6.20 Å². The van der Waals surface area contributed by atoms with Gasteiger partial charge in [0, 0.05) is 6.07 Å². The molecule has 1 nitrogen and oxygen atoms in total. The molecule has 0 amide bonds. The highest BCUT2D eigenvalue weighted by Crippen LogP contribution is 2.38. The van der Waals surface area contributed by atoms with Gasteiger partial charge in [-0.2, -0.15) is 0 Å². The molecule has 4 aromatic rings. The third-order valence-corrected chi connectivity index (χ3v) is 11.6. The smallest absolute Gasteiger partial charge is 0.200 e. The third-order valence-electron chi connectivity index (χ3n) is 8.01. The summed E-state index contributed by atoms with van der Waals surface area (Å²) in [6.07, 6.45) is 4.56. The van der Waals surface area contributed by atoms with E-state index in [1.807, 2.05) is 0 Å². The van der Waals surface area contributed by atoms with Crippen LogP contribution in [-0.2, 0) is 19.9 Å². The van der Waals surface area contributed by atoms with Crippen LogP contribution in [0.2, 0.25) is 13.1 Å². The van der Waals surface area contributed by atoms with Crippen molar-refractivity contribution < 1.29 is 4.57 Å². The van der Waals surface area contributed by atoms with Crippen molar-refractivity contribution >= 4 is 40.0 Å². The maximum absolute atomic E-state index is 2.59. The minimum absolute atomic E-state index is 0.664. The minimum atomic E-state index is -1.92. The van der Waals surface area contributed by atoms with E-state index in [1.54, 1.807) is 10.4 Å². The van der Waals surface area contributed by atoms with Crippen molar-refractivity contribution in [2.24, 2.45) is 18.9 Å². The molecule has 1 aliphatic rings. The van der Waals surface area contributed by atoms with Crippen molar-refractivity contribution in [1.82, 2.24) is 0 Å². The van der Waals surface area contributed by atoms with E-state index in [9.17, 15) is 0 Å². The summed E-state index contributed by atoms with van der Waals surface area (Å²) in [5.74, 6) is 1.34. The summed E-state index contributed by atoms with van der Waals surface area (Å²) in [6.45, 7) is 19.2. The Kier molecular flexibility index (Phi) is 5.52. The second kappa shape index (κ2) is 8.05. The van der Waals surface area contributed by atoms with E-state index in [1.165, 1.54) is 55.1 Å². The van der Waals surface area contributed by atoms with Crippen LogP contribution in [0.3, 0.4) is 0 Å². The first-order chi connectivity index (χ1) is 16.0. The predicted molar refractivity (Wildman–Crippen MR) is 151 cm³/mol. The first kappa shape index (κ1) is 23.3. The number of nitrogens with zero attached hydrogens (tertiary/aromatic N) is 1. The SMILES string of the molecule is Cc1c2c(c(C)c3cc(CC(C)C)ccc13)[Si](C)(C)c1cc(CC(C)C)cc3cc[n+](C)c-2c13. The molecule has 0 aliphatic carbocycles. The normalized spacial score (nSPS) is 14.4. The molecule has 3 aromatic carbocycles. The first-order valence-electron chi connectivity index (χ1n) is 13.0. The molecule has 5 rings (SSSR count). The Balaban J connectivity index is 1.92. The highest BCUT2D eigenvalue weighted by Gasteiger charge is 2.42. The zero-order valence-corrected chi connectivity index (χ0v) is 23.6. The number of fused-ring (bicyclic) bond motifs is 3. The van der Waals surface area contributed by atoms with Crippen molar-refractivity contribution in [2.45, 2.75) is 67.5 Å². The Labute approximate surface area is 206 Å². The van der Waals surface area contributed by atoms with Crippen LogP contribution < -0.4 is 14.9 Å². The fourth-order valence-corrected chi connectivity index (χ4v) is 10.3. The van der Waals surface area contributed by atoms with Crippen LogP contribution in [0, 0.1) is 25.7 Å². The van der Waals surface area contributed by atoms with E-state index in [2.05, 4.69) is 109 Å². The van der Waals surface area contributed by atoms with Gasteiger partial charge in [0.1, 0.15) is 15.1 Å². The molecule has 0 saturated heterocycles. The molecule has 176 valence electrons. The largest absolute Gasteiger partial charge is 0.220 e. The van der Waals surface area contributed by atoms with E-state index in [0.29, 0.717) is 11.8 Å². The van der Waals surface area contributed by atoms with Gasteiger partial charge in [0.25, 0.3) is 0 Å². The van der Waals surface area contributed by atoms with Gasteiger partial charge in [-0.1, -0.05) is 71.1 Å². The molecule has 2 heterocycles. The van der Waals surface area contributed by atoms with Gasteiger partial charge in [0.05, 0.1) is 10.9 Å². The molecule has 1 aromatic heterocycles. The molecule has 0 spiro atoms. The van der Waals surface area contributed by atoms with Crippen LogP contribution in [0.1, 0.15) is 49.9 Å². The second-order valence-electron chi connectivity index (χ2n) is 12.1. The molecule has 0 N–H and O–H groups in total. The van der Waals surface area contributed by atoms with Crippen molar-refractivity contribution in [3.05, 3.63) is 64.8 Å². The zero-order chi connectivity index (χ0) is 24.5. The van der Waals surface area contributed by atoms with Crippen molar-refractivity contribution in [2.75, 3.05) is 0 Å². The lowest BCUT2D eigenvalue weighted by molar-refractivity contribution is -0.659. The van der Waals surface area contributed by atoms with Crippen molar-refractivity contribution in [3.63, 3.8) is 0 Å². The lowest BCUT2D eigenvalue weighted by Gasteiger charge is -2.35. The summed E-state index contributed by atoms with van der Waals surface area (Å²) in [6, 6.07) is 14.6. The maximum atomic E-state index is 2.59. The quantitative estimate of drug-likeness (QED) is 0.235. The second-order valence-corrected chi connectivity index (χ2v) is 16.4. The molecular formula is C32H40NSi+. The zero-order valence-electron chi connectivity index (χ0n) is 22.6. The summed E-state index contributed by atoms with van der Waals surface area (Å²) in [5, 5.41) is 9.07. The highest BCUT2D eigenvalue weighted by atomic mass is 28.3. The van der Waals surface area contributed by atoms with Crippen molar-refractivity contribution in [1.29, 1.82) is 0 Å². The van der Waals surface area contributed by atoms with Gasteiger partial charge in [-0.05, 0) is 87.3 Å². The summed E-state index contributed by atoms with van der Waals surface area (Å²) < 4.78 is 2.38. The Hall–Kier alpha value is -2.45. The van der Waals surface area contributed by atoms with Gasteiger partial charge in [-0.25, -0.2) is 4.57 Å². The van der Waals surface area contributed by atoms with Crippen LogP contribution in [0.4, 0.5) is 0 Å². The fraction of sp³-hybridized carbons (Fsp3) is 0.406. The van der Waals surface area contributed by atoms with E-state index >= 15 is 0 Å². The number of aryl methyl sites for hydroxylation is 3. The van der Waals surface area contributed by atoms with Crippen molar-refractivity contribution in [3.8, 4) is 11.3 Å². The van der Waals surface area contributed by atoms with Crippen LogP contribution in [0.25, 0.3) is 32.8 Å². The number of hydrogen-bond donors (Lipinski definition) is 0. The molecular weight excluding hydrogens is 426 g/mol. The number of hydrogen-bond acceptors (Lipinski definition) is 0. The Morgan fingerprint density at radius 3 is 2.15 bits per heavy atom. The Morgan fingerprint density at radius 2 is 1.47 bits per heavy atom. The summed E-state index contributed by atoms with van der Waals surface area (Å²) in [7, 11) is 0.308. The average Bonchev–Trinajstić information content (AvgIpc) is 2.74. The van der Waals surface area contributed by atoms with E-state index in [0.717, 1.165) is 12.8 Å². The van der Waals surface area contributed by atoms with E-state index in [-0.39, 0.29) is 0 Å². The first-order valence-corrected chi connectivity index (χ1v) is 16.0. The lowest BCUT2D eigenvalue weighted by Crippen LogP contribution is -2.59. The van der Waals surface area contributed by atoms with Gasteiger partial charge < -0.3 is 0 Å². The highest BCUT2D eigenvalue weighted by molar-refractivity contribution is 7.03.